The van der Waals surface area contributed by atoms with Crippen LogP contribution in [-0.4, -0.2) is 31.4 Å². The van der Waals surface area contributed by atoms with Crippen LogP contribution in [0.15, 0.2) is 12.1 Å². The van der Waals surface area contributed by atoms with Gasteiger partial charge in [0.15, 0.2) is 10.6 Å². The Balaban J connectivity index is 2.10. The van der Waals surface area contributed by atoms with Gasteiger partial charge in [-0.3, -0.25) is 4.90 Å². The minimum atomic E-state index is -0.0963. The second-order valence-corrected chi connectivity index (χ2v) is 7.03. The van der Waals surface area contributed by atoms with Crippen LogP contribution in [0.3, 0.4) is 0 Å². The van der Waals surface area contributed by atoms with Crippen molar-refractivity contribution in [3.63, 3.8) is 0 Å². The van der Waals surface area contributed by atoms with E-state index in [1.54, 1.807) is 16.0 Å². The van der Waals surface area contributed by atoms with Gasteiger partial charge < -0.3 is 9.67 Å². The van der Waals surface area contributed by atoms with Crippen molar-refractivity contribution >= 4 is 35.2 Å². The van der Waals surface area contributed by atoms with E-state index in [-0.39, 0.29) is 6.61 Å². The molecule has 0 saturated heterocycles. The molecule has 0 aliphatic carbocycles. The van der Waals surface area contributed by atoms with Gasteiger partial charge in [0.25, 0.3) is 0 Å². The third-order valence-electron chi connectivity index (χ3n) is 3.02. The van der Waals surface area contributed by atoms with Crippen LogP contribution in [0.25, 0.3) is 0 Å². The number of aliphatic hydroxyl groups excluding tert-OH is 1. The van der Waals surface area contributed by atoms with Crippen LogP contribution >= 0.6 is 35.2 Å². The van der Waals surface area contributed by atoms with E-state index in [0.717, 1.165) is 23.8 Å². The molecule has 8 heteroatoms. The summed E-state index contributed by atoms with van der Waals surface area (Å²) in [5.74, 6) is 0.620. The molecular formula is C13H19ClN4OS2. The Bertz CT molecular complexity index is 649. The van der Waals surface area contributed by atoms with Crippen molar-refractivity contribution in [2.75, 3.05) is 7.05 Å². The van der Waals surface area contributed by atoms with E-state index in [1.165, 1.54) is 4.88 Å². The second-order valence-electron chi connectivity index (χ2n) is 4.87. The zero-order chi connectivity index (χ0) is 15.4. The highest BCUT2D eigenvalue weighted by Crippen LogP contribution is 2.22. The van der Waals surface area contributed by atoms with Gasteiger partial charge in [-0.1, -0.05) is 18.5 Å². The molecule has 21 heavy (non-hydrogen) atoms. The maximum absolute atomic E-state index is 9.39. The zero-order valence-electron chi connectivity index (χ0n) is 12.1. The molecule has 0 spiro atoms. The van der Waals surface area contributed by atoms with Crippen molar-refractivity contribution in [2.24, 2.45) is 0 Å². The maximum Gasteiger partial charge on any atom is 0.199 e. The Kier molecular flexibility index (Phi) is 5.95. The summed E-state index contributed by atoms with van der Waals surface area (Å²) in [5, 5.41) is 13.8. The Labute approximate surface area is 138 Å². The molecule has 0 amide bonds. The number of thiophene rings is 1. The van der Waals surface area contributed by atoms with Crippen molar-refractivity contribution in [2.45, 2.75) is 39.7 Å². The summed E-state index contributed by atoms with van der Waals surface area (Å²) in [7, 11) is 2.01. The zero-order valence-corrected chi connectivity index (χ0v) is 14.5. The molecule has 5 nitrogen and oxygen atoms in total. The summed E-state index contributed by atoms with van der Waals surface area (Å²) < 4.78 is 5.10. The van der Waals surface area contributed by atoms with Gasteiger partial charge in [0, 0.05) is 18.0 Å². The molecule has 0 saturated carbocycles. The number of halogens is 1. The van der Waals surface area contributed by atoms with Crippen LogP contribution in [0.4, 0.5) is 0 Å². The first-order chi connectivity index (χ1) is 10.0. The van der Waals surface area contributed by atoms with Crippen LogP contribution in [-0.2, 0) is 26.4 Å². The van der Waals surface area contributed by atoms with Crippen LogP contribution < -0.4 is 0 Å². The summed E-state index contributed by atoms with van der Waals surface area (Å²) in [6, 6.07) is 3.93. The van der Waals surface area contributed by atoms with E-state index in [4.69, 9.17) is 23.8 Å². The normalized spacial score (nSPS) is 11.5. The quantitative estimate of drug-likeness (QED) is 0.782. The molecule has 0 bridgehead atoms. The molecule has 0 unspecified atom stereocenters. The van der Waals surface area contributed by atoms with Gasteiger partial charge in [0.05, 0.1) is 11.0 Å². The highest BCUT2D eigenvalue weighted by atomic mass is 35.5. The minimum absolute atomic E-state index is 0.0963. The van der Waals surface area contributed by atoms with Crippen molar-refractivity contribution in [3.8, 4) is 0 Å². The van der Waals surface area contributed by atoms with E-state index < -0.39 is 0 Å². The van der Waals surface area contributed by atoms with Crippen LogP contribution in [0.5, 0.6) is 0 Å². The highest BCUT2D eigenvalue weighted by Gasteiger charge is 2.11. The average molecular weight is 347 g/mol. The fourth-order valence-electron chi connectivity index (χ4n) is 2.12. The Morgan fingerprint density at radius 3 is 2.81 bits per heavy atom. The maximum atomic E-state index is 9.39. The molecule has 2 aromatic rings. The van der Waals surface area contributed by atoms with Gasteiger partial charge in [0.1, 0.15) is 6.61 Å². The van der Waals surface area contributed by atoms with E-state index in [2.05, 4.69) is 16.9 Å². The lowest BCUT2D eigenvalue weighted by Gasteiger charge is -2.15. The molecule has 0 aliphatic heterocycles. The van der Waals surface area contributed by atoms with Gasteiger partial charge in [0.2, 0.25) is 0 Å². The number of aromatic nitrogens is 3. The van der Waals surface area contributed by atoms with Gasteiger partial charge in [-0.25, -0.2) is 4.68 Å². The molecule has 1 N–H and O–H groups in total. The van der Waals surface area contributed by atoms with E-state index >= 15 is 0 Å². The SMILES string of the molecule is CCCn1c(CO)nn(CN(C)Cc2ccc(Cl)s2)c1=S. The molecule has 0 aliphatic rings. The number of nitrogens with zero attached hydrogens (tertiary/aromatic N) is 4. The van der Waals surface area contributed by atoms with Gasteiger partial charge >= 0.3 is 0 Å². The predicted molar refractivity (Wildman–Crippen MR) is 88.1 cm³/mol. The number of hydrogen-bond donors (Lipinski definition) is 1. The molecular weight excluding hydrogens is 328 g/mol. The minimum Gasteiger partial charge on any atom is -0.388 e. The summed E-state index contributed by atoms with van der Waals surface area (Å²) >= 11 is 13.0. The van der Waals surface area contributed by atoms with E-state index in [9.17, 15) is 5.11 Å². The predicted octanol–water partition coefficient (Wildman–Crippen LogP) is 3.12. The topological polar surface area (TPSA) is 46.2 Å². The summed E-state index contributed by atoms with van der Waals surface area (Å²) in [6.45, 7) is 4.12. The summed E-state index contributed by atoms with van der Waals surface area (Å²) in [5.41, 5.74) is 0. The Morgan fingerprint density at radius 2 is 2.24 bits per heavy atom. The lowest BCUT2D eigenvalue weighted by atomic mass is 10.4. The van der Waals surface area contributed by atoms with Crippen LogP contribution in [0.2, 0.25) is 4.34 Å². The van der Waals surface area contributed by atoms with Crippen molar-refractivity contribution in [1.29, 1.82) is 0 Å². The molecule has 2 heterocycles. The average Bonchev–Trinajstić information content (AvgIpc) is 2.97. The molecule has 2 aromatic heterocycles. The lowest BCUT2D eigenvalue weighted by Crippen LogP contribution is -2.22. The number of hydrogen-bond acceptors (Lipinski definition) is 5. The first kappa shape index (κ1) is 16.6. The molecule has 2 rings (SSSR count). The second kappa shape index (κ2) is 7.51. The first-order valence-electron chi connectivity index (χ1n) is 6.75. The fourth-order valence-corrected chi connectivity index (χ4v) is 3.59. The van der Waals surface area contributed by atoms with Crippen molar-refractivity contribution in [1.82, 2.24) is 19.2 Å². The third kappa shape index (κ3) is 4.14. The summed E-state index contributed by atoms with van der Waals surface area (Å²) in [4.78, 5) is 3.31. The number of rotatable bonds is 7. The third-order valence-corrected chi connectivity index (χ3v) is 4.67. The van der Waals surface area contributed by atoms with Crippen molar-refractivity contribution in [3.05, 3.63) is 31.9 Å². The lowest BCUT2D eigenvalue weighted by molar-refractivity contribution is 0.239. The van der Waals surface area contributed by atoms with Crippen molar-refractivity contribution < 1.29 is 5.11 Å². The van der Waals surface area contributed by atoms with E-state index in [1.807, 2.05) is 23.7 Å². The summed E-state index contributed by atoms with van der Waals surface area (Å²) in [6.07, 6.45) is 0.955. The van der Waals surface area contributed by atoms with Gasteiger partial charge in [-0.15, -0.1) is 11.3 Å². The highest BCUT2D eigenvalue weighted by molar-refractivity contribution is 7.71. The van der Waals surface area contributed by atoms with E-state index in [0.29, 0.717) is 17.3 Å². The molecule has 0 fully saturated rings. The first-order valence-corrected chi connectivity index (χ1v) is 8.35. The Hall–Kier alpha value is -0.730. The monoisotopic (exact) mass is 346 g/mol. The largest absolute Gasteiger partial charge is 0.388 e. The fraction of sp³-hybridized carbons (Fsp3) is 0.538. The standard InChI is InChI=1S/C13H19ClN4OS2/c1-3-6-17-12(8-19)15-18(13(17)20)9-16(2)7-10-4-5-11(14)21-10/h4-5,19H,3,6-9H2,1-2H3. The molecule has 116 valence electrons. The molecule has 0 radical (unpaired) electrons. The smallest absolute Gasteiger partial charge is 0.199 e. The Morgan fingerprint density at radius 1 is 1.48 bits per heavy atom. The van der Waals surface area contributed by atoms with Gasteiger partial charge in [-0.2, -0.15) is 5.10 Å². The number of aliphatic hydroxyl groups is 1. The van der Waals surface area contributed by atoms with Gasteiger partial charge in [-0.05, 0) is 37.8 Å². The molecule has 0 aromatic carbocycles. The van der Waals surface area contributed by atoms with Crippen LogP contribution in [0.1, 0.15) is 24.0 Å². The van der Waals surface area contributed by atoms with Crippen LogP contribution in [0, 0.1) is 4.77 Å². The molecule has 0 atom stereocenters.